The zero-order chi connectivity index (χ0) is 16.5. The number of sulfonamides is 1. The third-order valence-electron chi connectivity index (χ3n) is 3.04. The van der Waals surface area contributed by atoms with E-state index in [2.05, 4.69) is 4.74 Å². The summed E-state index contributed by atoms with van der Waals surface area (Å²) in [4.78, 5) is -0.128. The molecule has 124 valence electrons. The Labute approximate surface area is 130 Å². The summed E-state index contributed by atoms with van der Waals surface area (Å²) in [7, 11) is -2.58. The number of ether oxygens (including phenoxy) is 2. The van der Waals surface area contributed by atoms with Crippen LogP contribution in [0.15, 0.2) is 23.1 Å². The number of hydrogen-bond donors (Lipinski definition) is 0. The van der Waals surface area contributed by atoms with E-state index in [-0.39, 0.29) is 28.8 Å². The zero-order valence-corrected chi connectivity index (χ0v) is 13.0. The van der Waals surface area contributed by atoms with E-state index in [0.29, 0.717) is 0 Å². The molecule has 0 spiro atoms. The van der Waals surface area contributed by atoms with Gasteiger partial charge in [-0.05, 0) is 18.2 Å². The molecule has 0 unspecified atom stereocenters. The van der Waals surface area contributed by atoms with E-state index in [4.69, 9.17) is 16.3 Å². The number of benzene rings is 1. The topological polar surface area (TPSA) is 55.8 Å². The van der Waals surface area contributed by atoms with Crippen LogP contribution in [0.3, 0.4) is 0 Å². The minimum Gasteiger partial charge on any atom is -0.495 e. The van der Waals surface area contributed by atoms with E-state index in [1.165, 1.54) is 25.3 Å². The molecular weight excluding hydrogens is 347 g/mol. The molecule has 0 amide bonds. The Morgan fingerprint density at radius 3 is 2.55 bits per heavy atom. The fraction of sp³-hybridized carbons (Fsp3) is 0.500. The van der Waals surface area contributed by atoms with Gasteiger partial charge in [0.25, 0.3) is 0 Å². The van der Waals surface area contributed by atoms with Crippen LogP contribution in [-0.4, -0.2) is 51.8 Å². The molecule has 1 saturated heterocycles. The zero-order valence-electron chi connectivity index (χ0n) is 11.4. The predicted molar refractivity (Wildman–Crippen MR) is 72.6 cm³/mol. The van der Waals surface area contributed by atoms with Gasteiger partial charge < -0.3 is 9.47 Å². The SMILES string of the molecule is COc1ccc(Cl)cc1S(=O)(=O)N1CC(OCC(F)(F)F)C1. The fourth-order valence-corrected chi connectivity index (χ4v) is 3.83. The smallest absolute Gasteiger partial charge is 0.411 e. The van der Waals surface area contributed by atoms with Gasteiger partial charge in [-0.1, -0.05) is 11.6 Å². The Kier molecular flexibility index (Phi) is 4.90. The van der Waals surface area contributed by atoms with Gasteiger partial charge in [-0.15, -0.1) is 0 Å². The maximum Gasteiger partial charge on any atom is 0.411 e. The molecular formula is C12H13ClF3NO4S. The van der Waals surface area contributed by atoms with Gasteiger partial charge in [0.15, 0.2) is 0 Å². The van der Waals surface area contributed by atoms with Crippen molar-refractivity contribution in [2.24, 2.45) is 0 Å². The number of hydrogen-bond acceptors (Lipinski definition) is 4. The van der Waals surface area contributed by atoms with Crippen molar-refractivity contribution in [3.63, 3.8) is 0 Å². The minimum absolute atomic E-state index is 0.115. The van der Waals surface area contributed by atoms with Gasteiger partial charge in [0.05, 0.1) is 13.2 Å². The van der Waals surface area contributed by atoms with Crippen LogP contribution < -0.4 is 4.74 Å². The average molecular weight is 360 g/mol. The summed E-state index contributed by atoms with van der Waals surface area (Å²) >= 11 is 5.79. The molecule has 0 radical (unpaired) electrons. The normalized spacial score (nSPS) is 17.3. The molecule has 1 heterocycles. The second-order valence-corrected chi connectivity index (χ2v) is 7.01. The van der Waals surface area contributed by atoms with E-state index in [0.717, 1.165) is 4.31 Å². The summed E-state index contributed by atoms with van der Waals surface area (Å²) < 4.78 is 71.5. The molecule has 1 aromatic rings. The van der Waals surface area contributed by atoms with Crippen LogP contribution in [-0.2, 0) is 14.8 Å². The summed E-state index contributed by atoms with van der Waals surface area (Å²) in [6, 6.07) is 4.12. The van der Waals surface area contributed by atoms with Gasteiger partial charge in [-0.2, -0.15) is 17.5 Å². The second-order valence-electron chi connectivity index (χ2n) is 4.67. The third kappa shape index (κ3) is 3.83. The van der Waals surface area contributed by atoms with Crippen LogP contribution in [0.5, 0.6) is 5.75 Å². The van der Waals surface area contributed by atoms with Crippen LogP contribution in [0, 0.1) is 0 Å². The van der Waals surface area contributed by atoms with Gasteiger partial charge in [-0.25, -0.2) is 8.42 Å². The van der Waals surface area contributed by atoms with Crippen molar-refractivity contribution in [2.75, 3.05) is 26.8 Å². The quantitative estimate of drug-likeness (QED) is 0.809. The molecule has 5 nitrogen and oxygen atoms in total. The highest BCUT2D eigenvalue weighted by Crippen LogP contribution is 2.32. The lowest BCUT2D eigenvalue weighted by Gasteiger charge is -2.37. The Hall–Kier alpha value is -1.03. The van der Waals surface area contributed by atoms with Crippen LogP contribution >= 0.6 is 11.6 Å². The van der Waals surface area contributed by atoms with Crippen molar-refractivity contribution in [1.82, 2.24) is 4.31 Å². The highest BCUT2D eigenvalue weighted by Gasteiger charge is 2.40. The van der Waals surface area contributed by atoms with Gasteiger partial charge in [0.2, 0.25) is 10.0 Å². The minimum atomic E-state index is -4.44. The molecule has 0 aliphatic carbocycles. The first-order valence-corrected chi connectivity index (χ1v) is 7.97. The molecule has 0 N–H and O–H groups in total. The molecule has 10 heteroatoms. The van der Waals surface area contributed by atoms with Crippen molar-refractivity contribution in [2.45, 2.75) is 17.2 Å². The van der Waals surface area contributed by atoms with Gasteiger partial charge in [-0.3, -0.25) is 0 Å². The van der Waals surface area contributed by atoms with Crippen LogP contribution in [0.25, 0.3) is 0 Å². The van der Waals surface area contributed by atoms with Crippen LogP contribution in [0.4, 0.5) is 13.2 Å². The molecule has 0 aromatic heterocycles. The maximum atomic E-state index is 12.4. The standard InChI is InChI=1S/C12H13ClF3NO4S/c1-20-10-3-2-8(13)4-11(10)22(18,19)17-5-9(6-17)21-7-12(14,15)16/h2-4,9H,5-7H2,1H3. The van der Waals surface area contributed by atoms with Gasteiger partial charge in [0.1, 0.15) is 17.3 Å². The highest BCUT2D eigenvalue weighted by molar-refractivity contribution is 7.89. The molecule has 1 fully saturated rings. The van der Waals surface area contributed by atoms with E-state index >= 15 is 0 Å². The van der Waals surface area contributed by atoms with Crippen molar-refractivity contribution >= 4 is 21.6 Å². The van der Waals surface area contributed by atoms with Crippen LogP contribution in [0.2, 0.25) is 5.02 Å². The van der Waals surface area contributed by atoms with Crippen molar-refractivity contribution in [1.29, 1.82) is 0 Å². The second kappa shape index (κ2) is 6.23. The molecule has 0 saturated carbocycles. The molecule has 22 heavy (non-hydrogen) atoms. The molecule has 0 atom stereocenters. The first-order chi connectivity index (χ1) is 10.1. The highest BCUT2D eigenvalue weighted by atomic mass is 35.5. The lowest BCUT2D eigenvalue weighted by Crippen LogP contribution is -2.55. The van der Waals surface area contributed by atoms with Crippen molar-refractivity contribution < 1.29 is 31.1 Å². The number of rotatable bonds is 5. The van der Waals surface area contributed by atoms with E-state index in [1.54, 1.807) is 0 Å². The summed E-state index contributed by atoms with van der Waals surface area (Å²) in [5.74, 6) is 0.115. The summed E-state index contributed by atoms with van der Waals surface area (Å²) in [5.41, 5.74) is 0. The van der Waals surface area contributed by atoms with E-state index in [1.807, 2.05) is 0 Å². The largest absolute Gasteiger partial charge is 0.495 e. The predicted octanol–water partition coefficient (Wildman–Crippen LogP) is 2.30. The van der Waals surface area contributed by atoms with E-state index in [9.17, 15) is 21.6 Å². The van der Waals surface area contributed by atoms with E-state index < -0.39 is 28.9 Å². The average Bonchev–Trinajstić information content (AvgIpc) is 2.35. The molecule has 1 aliphatic heterocycles. The van der Waals surface area contributed by atoms with Crippen molar-refractivity contribution in [3.8, 4) is 5.75 Å². The lowest BCUT2D eigenvalue weighted by atomic mass is 10.2. The third-order valence-corrected chi connectivity index (χ3v) is 5.13. The monoisotopic (exact) mass is 359 g/mol. The Morgan fingerprint density at radius 2 is 2.00 bits per heavy atom. The number of alkyl halides is 3. The Bertz CT molecular complexity index is 644. The summed E-state index contributed by atoms with van der Waals surface area (Å²) in [5, 5.41) is 0.213. The first-order valence-electron chi connectivity index (χ1n) is 6.15. The Balaban J connectivity index is 2.06. The molecule has 1 aliphatic rings. The lowest BCUT2D eigenvalue weighted by molar-refractivity contribution is -0.194. The maximum absolute atomic E-state index is 12.4. The number of halogens is 4. The first kappa shape index (κ1) is 17.3. The molecule has 2 rings (SSSR count). The number of nitrogens with zero attached hydrogens (tertiary/aromatic N) is 1. The molecule has 1 aromatic carbocycles. The summed E-state index contributed by atoms with van der Waals surface area (Å²) in [6.07, 6.45) is -5.21. The summed E-state index contributed by atoms with van der Waals surface area (Å²) in [6.45, 7) is -1.69. The van der Waals surface area contributed by atoms with Crippen LogP contribution in [0.1, 0.15) is 0 Å². The Morgan fingerprint density at radius 1 is 1.36 bits per heavy atom. The van der Waals surface area contributed by atoms with Crippen molar-refractivity contribution in [3.05, 3.63) is 23.2 Å². The fourth-order valence-electron chi connectivity index (χ4n) is 1.91. The van der Waals surface area contributed by atoms with Gasteiger partial charge in [0, 0.05) is 18.1 Å². The molecule has 0 bridgehead atoms. The van der Waals surface area contributed by atoms with Gasteiger partial charge >= 0.3 is 6.18 Å². The number of methoxy groups -OCH3 is 1.